The van der Waals surface area contributed by atoms with Gasteiger partial charge in [-0.05, 0) is 24.5 Å². The first-order valence-corrected chi connectivity index (χ1v) is 6.00. The third kappa shape index (κ3) is 1.44. The summed E-state index contributed by atoms with van der Waals surface area (Å²) < 4.78 is 27.0. The van der Waals surface area contributed by atoms with Gasteiger partial charge in [0, 0.05) is 10.9 Å². The summed E-state index contributed by atoms with van der Waals surface area (Å²) in [5, 5.41) is 0.358. The molecular weight excluding hydrogens is 248 g/mol. The summed E-state index contributed by atoms with van der Waals surface area (Å²) >= 11 is 6.05. The lowest BCUT2D eigenvalue weighted by Crippen LogP contribution is -2.51. The number of hydroxylamine groups is 1. The van der Waals surface area contributed by atoms with Crippen molar-refractivity contribution in [3.05, 3.63) is 34.9 Å². The normalized spacial score (nSPS) is 35.8. The zero-order valence-corrected chi connectivity index (χ0v) is 9.75. The molecule has 2 nitrogen and oxygen atoms in total. The average Bonchev–Trinajstić information content (AvgIpc) is 2.51. The first-order valence-electron chi connectivity index (χ1n) is 5.62. The number of hydrogen-bond donors (Lipinski definition) is 1. The molecule has 1 aliphatic carbocycles. The minimum absolute atomic E-state index is 0.111. The highest BCUT2D eigenvalue weighted by molar-refractivity contribution is 6.31. The molecule has 5 heteroatoms. The molecule has 3 atom stereocenters. The lowest BCUT2D eigenvalue weighted by atomic mass is 9.67. The van der Waals surface area contributed by atoms with Crippen LogP contribution in [0.2, 0.25) is 5.02 Å². The van der Waals surface area contributed by atoms with Crippen molar-refractivity contribution < 1.29 is 13.6 Å². The molecule has 1 aliphatic heterocycles. The molecule has 2 aliphatic rings. The van der Waals surface area contributed by atoms with Gasteiger partial charge in [0.25, 0.3) is 6.43 Å². The van der Waals surface area contributed by atoms with Crippen LogP contribution < -0.4 is 5.48 Å². The second-order valence-corrected chi connectivity index (χ2v) is 5.00. The lowest BCUT2D eigenvalue weighted by Gasteiger charge is -2.39. The maximum atomic E-state index is 13.5. The molecule has 0 amide bonds. The van der Waals surface area contributed by atoms with Gasteiger partial charge in [0.15, 0.2) is 0 Å². The number of fused-ring (bicyclic) bond motifs is 1. The summed E-state index contributed by atoms with van der Waals surface area (Å²) in [5.41, 5.74) is 1.55. The number of nitrogens with one attached hydrogen (secondary N) is 1. The Balaban J connectivity index is 2.10. The molecule has 0 bridgehead atoms. The fraction of sp³-hybridized carbons (Fsp3) is 0.500. The molecule has 1 aromatic rings. The van der Waals surface area contributed by atoms with Gasteiger partial charge < -0.3 is 0 Å². The molecule has 0 aromatic heterocycles. The Hall–Kier alpha value is -0.710. The van der Waals surface area contributed by atoms with E-state index < -0.39 is 12.0 Å². The highest BCUT2D eigenvalue weighted by atomic mass is 35.5. The maximum absolute atomic E-state index is 13.5. The molecule has 92 valence electrons. The first kappa shape index (κ1) is 11.4. The molecule has 0 spiro atoms. The van der Waals surface area contributed by atoms with E-state index in [-0.39, 0.29) is 12.0 Å². The summed E-state index contributed by atoms with van der Waals surface area (Å²) in [7, 11) is 0. The summed E-state index contributed by atoms with van der Waals surface area (Å²) in [6, 6.07) is 6.73. The fourth-order valence-electron chi connectivity index (χ4n) is 2.76. The first-order chi connectivity index (χ1) is 8.16. The molecule has 1 heterocycles. The summed E-state index contributed by atoms with van der Waals surface area (Å²) in [6.07, 6.45) is -1.08. The van der Waals surface area contributed by atoms with Gasteiger partial charge in [0.1, 0.15) is 5.54 Å². The van der Waals surface area contributed by atoms with Crippen molar-refractivity contribution in [3.8, 4) is 0 Å². The zero-order valence-electron chi connectivity index (χ0n) is 9.00. The Morgan fingerprint density at radius 2 is 2.12 bits per heavy atom. The Kier molecular flexibility index (Phi) is 2.61. The van der Waals surface area contributed by atoms with Gasteiger partial charge in [-0.15, -0.1) is 0 Å². The third-order valence-electron chi connectivity index (χ3n) is 3.84. The Morgan fingerprint density at radius 3 is 2.65 bits per heavy atom. The number of hydrogen-bond acceptors (Lipinski definition) is 2. The molecule has 1 saturated heterocycles. The van der Waals surface area contributed by atoms with Crippen molar-refractivity contribution in [1.29, 1.82) is 0 Å². The summed E-state index contributed by atoms with van der Waals surface area (Å²) in [5.74, 6) is -0.192. The van der Waals surface area contributed by atoms with Gasteiger partial charge in [0.2, 0.25) is 0 Å². The smallest absolute Gasteiger partial charge is 0.263 e. The standard InChI is InChI=1S/C12H12ClF2NO/c13-9-4-2-1-3-7(9)12(11(14)15)8-5-6-10(8)17-16-12/h1-4,8,10-11,16H,5-6H2. The molecule has 3 unspecified atom stereocenters. The van der Waals surface area contributed by atoms with Crippen LogP contribution >= 0.6 is 11.6 Å². The van der Waals surface area contributed by atoms with E-state index in [0.717, 1.165) is 12.8 Å². The molecule has 1 N–H and O–H groups in total. The van der Waals surface area contributed by atoms with Gasteiger partial charge in [0.05, 0.1) is 6.10 Å². The van der Waals surface area contributed by atoms with Crippen LogP contribution in [-0.2, 0) is 10.4 Å². The van der Waals surface area contributed by atoms with Crippen molar-refractivity contribution in [2.24, 2.45) is 5.92 Å². The third-order valence-corrected chi connectivity index (χ3v) is 4.17. The highest BCUT2D eigenvalue weighted by Gasteiger charge is 2.61. The van der Waals surface area contributed by atoms with Crippen LogP contribution in [0, 0.1) is 5.92 Å². The topological polar surface area (TPSA) is 21.3 Å². The SMILES string of the molecule is FC(F)C1(c2ccccc2Cl)NOC2CCC21. The van der Waals surface area contributed by atoms with Gasteiger partial charge >= 0.3 is 0 Å². The van der Waals surface area contributed by atoms with Crippen LogP contribution in [0.3, 0.4) is 0 Å². The maximum Gasteiger partial charge on any atom is 0.263 e. The van der Waals surface area contributed by atoms with Crippen molar-refractivity contribution in [3.63, 3.8) is 0 Å². The minimum Gasteiger partial charge on any atom is -0.297 e. The van der Waals surface area contributed by atoms with Crippen molar-refractivity contribution in [1.82, 2.24) is 5.48 Å². The monoisotopic (exact) mass is 259 g/mol. The average molecular weight is 260 g/mol. The summed E-state index contributed by atoms with van der Waals surface area (Å²) in [6.45, 7) is 0. The van der Waals surface area contributed by atoms with E-state index in [0.29, 0.717) is 10.6 Å². The van der Waals surface area contributed by atoms with Gasteiger partial charge in [-0.25, -0.2) is 8.78 Å². The Morgan fingerprint density at radius 1 is 1.35 bits per heavy atom. The molecule has 1 saturated carbocycles. The molecule has 0 radical (unpaired) electrons. The van der Waals surface area contributed by atoms with Crippen LogP contribution in [0.15, 0.2) is 24.3 Å². The Labute approximate surface area is 103 Å². The van der Waals surface area contributed by atoms with Crippen LogP contribution in [0.1, 0.15) is 18.4 Å². The van der Waals surface area contributed by atoms with Gasteiger partial charge in [-0.1, -0.05) is 29.8 Å². The second kappa shape index (κ2) is 3.90. The Bertz CT molecular complexity index is 442. The predicted octanol–water partition coefficient (Wildman–Crippen LogP) is 3.11. The van der Waals surface area contributed by atoms with Crippen molar-refractivity contribution in [2.75, 3.05) is 0 Å². The largest absolute Gasteiger partial charge is 0.297 e. The molecule has 3 rings (SSSR count). The van der Waals surface area contributed by atoms with Crippen LogP contribution in [-0.4, -0.2) is 12.5 Å². The van der Waals surface area contributed by atoms with Crippen LogP contribution in [0.25, 0.3) is 0 Å². The minimum atomic E-state index is -2.54. The van der Waals surface area contributed by atoms with Gasteiger partial charge in [-0.2, -0.15) is 5.48 Å². The van der Waals surface area contributed by atoms with Crippen LogP contribution in [0.5, 0.6) is 0 Å². The van der Waals surface area contributed by atoms with E-state index in [1.807, 2.05) is 0 Å². The van der Waals surface area contributed by atoms with E-state index in [2.05, 4.69) is 5.48 Å². The number of alkyl halides is 2. The van der Waals surface area contributed by atoms with Gasteiger partial charge in [-0.3, -0.25) is 4.84 Å². The quantitative estimate of drug-likeness (QED) is 0.881. The number of benzene rings is 1. The van der Waals surface area contributed by atoms with Crippen molar-refractivity contribution in [2.45, 2.75) is 30.9 Å². The van der Waals surface area contributed by atoms with Crippen LogP contribution in [0.4, 0.5) is 8.78 Å². The predicted molar refractivity (Wildman–Crippen MR) is 59.9 cm³/mol. The molecule has 17 heavy (non-hydrogen) atoms. The molecule has 2 fully saturated rings. The lowest BCUT2D eigenvalue weighted by molar-refractivity contribution is -0.0370. The van der Waals surface area contributed by atoms with E-state index >= 15 is 0 Å². The van der Waals surface area contributed by atoms with Crippen molar-refractivity contribution >= 4 is 11.6 Å². The zero-order chi connectivity index (χ0) is 12.0. The second-order valence-electron chi connectivity index (χ2n) is 4.59. The number of halogens is 3. The van der Waals surface area contributed by atoms with E-state index in [1.54, 1.807) is 24.3 Å². The molecule has 1 aromatic carbocycles. The number of rotatable bonds is 2. The van der Waals surface area contributed by atoms with E-state index in [4.69, 9.17) is 16.4 Å². The summed E-state index contributed by atoms with van der Waals surface area (Å²) in [4.78, 5) is 5.25. The molecular formula is C12H12ClF2NO. The highest BCUT2D eigenvalue weighted by Crippen LogP contribution is 2.52. The van der Waals surface area contributed by atoms with E-state index in [1.165, 1.54) is 0 Å². The van der Waals surface area contributed by atoms with E-state index in [9.17, 15) is 8.78 Å². The fourth-order valence-corrected chi connectivity index (χ4v) is 3.05.